The van der Waals surface area contributed by atoms with Gasteiger partial charge in [0.15, 0.2) is 0 Å². The van der Waals surface area contributed by atoms with Crippen LogP contribution in [-0.4, -0.2) is 70.3 Å². The number of fused-ring (bicyclic) bond motifs is 1. The van der Waals surface area contributed by atoms with Crippen molar-refractivity contribution in [1.29, 1.82) is 0 Å². The monoisotopic (exact) mass is 536 g/mol. The van der Waals surface area contributed by atoms with Crippen molar-refractivity contribution in [3.05, 3.63) is 47.2 Å². The molecule has 1 aromatic carbocycles. The van der Waals surface area contributed by atoms with Crippen molar-refractivity contribution in [3.63, 3.8) is 0 Å². The average molecular weight is 537 g/mol. The largest absolute Gasteiger partial charge is 0.444 e. The number of cyclic esters (lactones) is 1. The number of nitrogens with zero attached hydrogens (tertiary/aromatic N) is 5. The van der Waals surface area contributed by atoms with Crippen LogP contribution in [-0.2, 0) is 22.6 Å². The van der Waals surface area contributed by atoms with Crippen LogP contribution in [0.3, 0.4) is 0 Å². The molecule has 5 rings (SSSR count). The van der Waals surface area contributed by atoms with Crippen LogP contribution in [0.5, 0.6) is 0 Å². The van der Waals surface area contributed by atoms with Crippen LogP contribution in [0.15, 0.2) is 30.5 Å². The molecule has 2 aromatic rings. The van der Waals surface area contributed by atoms with Gasteiger partial charge in [0.25, 0.3) is 0 Å². The Hall–Kier alpha value is -3.40. The maximum atomic E-state index is 12.5. The van der Waals surface area contributed by atoms with E-state index in [-0.39, 0.29) is 18.8 Å². The van der Waals surface area contributed by atoms with Gasteiger partial charge >= 0.3 is 12.2 Å². The Bertz CT molecular complexity index is 1170. The first-order chi connectivity index (χ1) is 18.7. The summed E-state index contributed by atoms with van der Waals surface area (Å²) in [7, 11) is 0. The van der Waals surface area contributed by atoms with Gasteiger partial charge in [-0.3, -0.25) is 9.80 Å². The van der Waals surface area contributed by atoms with E-state index in [2.05, 4.69) is 44.5 Å². The van der Waals surface area contributed by atoms with E-state index in [9.17, 15) is 9.59 Å². The normalized spacial score (nSPS) is 18.8. The Morgan fingerprint density at radius 3 is 2.51 bits per heavy atom. The maximum Gasteiger partial charge on any atom is 0.415 e. The van der Waals surface area contributed by atoms with Crippen LogP contribution in [0.4, 0.5) is 21.4 Å². The van der Waals surface area contributed by atoms with Crippen LogP contribution >= 0.6 is 0 Å². The highest BCUT2D eigenvalue weighted by atomic mass is 16.6. The minimum Gasteiger partial charge on any atom is -0.444 e. The number of rotatable bonds is 8. The molecule has 10 nitrogen and oxygen atoms in total. The number of carbonyl (C=O) groups excluding carboxylic acids is 2. The number of amides is 2. The molecular weight excluding hydrogens is 496 g/mol. The fourth-order valence-corrected chi connectivity index (χ4v) is 5.15. The van der Waals surface area contributed by atoms with Gasteiger partial charge in [0.05, 0.1) is 5.56 Å². The Kier molecular flexibility index (Phi) is 7.93. The van der Waals surface area contributed by atoms with Gasteiger partial charge < -0.3 is 19.7 Å². The molecule has 2 fully saturated rings. The fourth-order valence-electron chi connectivity index (χ4n) is 5.15. The summed E-state index contributed by atoms with van der Waals surface area (Å²) in [4.78, 5) is 39.4. The van der Waals surface area contributed by atoms with Crippen molar-refractivity contribution in [2.75, 3.05) is 42.9 Å². The zero-order chi connectivity index (χ0) is 27.6. The third-order valence-corrected chi connectivity index (χ3v) is 7.46. The first-order valence-electron chi connectivity index (χ1n) is 14.0. The van der Waals surface area contributed by atoms with Crippen LogP contribution in [0, 0.1) is 5.92 Å². The predicted octanol–water partition coefficient (Wildman–Crippen LogP) is 4.96. The fraction of sp³-hybridized carbons (Fsp3) is 0.586. The SMILES string of the molecule is CCN1C(=O)OCc2cnc(NCc3ccc(C(CC4CC4)N4CCN(C(=O)OC(C)(C)C)CC4)cc3)nc21. The lowest BCUT2D eigenvalue weighted by Crippen LogP contribution is -2.50. The zero-order valence-corrected chi connectivity index (χ0v) is 23.5. The van der Waals surface area contributed by atoms with Crippen LogP contribution in [0.25, 0.3) is 0 Å². The topological polar surface area (TPSA) is 100 Å². The molecule has 2 aliphatic heterocycles. The van der Waals surface area contributed by atoms with E-state index in [0.29, 0.717) is 44.0 Å². The van der Waals surface area contributed by atoms with Gasteiger partial charge in [0, 0.05) is 51.5 Å². The number of ether oxygens (including phenoxy) is 2. The number of hydrogen-bond donors (Lipinski definition) is 1. The van der Waals surface area contributed by atoms with Gasteiger partial charge in [-0.1, -0.05) is 37.1 Å². The van der Waals surface area contributed by atoms with Gasteiger partial charge in [-0.05, 0) is 51.2 Å². The molecule has 1 unspecified atom stereocenters. The zero-order valence-electron chi connectivity index (χ0n) is 23.5. The molecule has 210 valence electrons. The summed E-state index contributed by atoms with van der Waals surface area (Å²) in [5.74, 6) is 1.89. The third kappa shape index (κ3) is 6.79. The molecule has 0 bridgehead atoms. The number of nitrogens with one attached hydrogen (secondary N) is 1. The van der Waals surface area contributed by atoms with Crippen molar-refractivity contribution >= 4 is 24.0 Å². The van der Waals surface area contributed by atoms with Crippen molar-refractivity contribution < 1.29 is 19.1 Å². The molecule has 0 radical (unpaired) electrons. The Morgan fingerprint density at radius 1 is 1.15 bits per heavy atom. The average Bonchev–Trinajstić information content (AvgIpc) is 3.74. The third-order valence-electron chi connectivity index (χ3n) is 7.46. The van der Waals surface area contributed by atoms with Crippen LogP contribution in [0.2, 0.25) is 0 Å². The Balaban J connectivity index is 1.20. The maximum absolute atomic E-state index is 12.5. The molecule has 1 saturated carbocycles. The molecule has 1 atom stereocenters. The highest BCUT2D eigenvalue weighted by molar-refractivity contribution is 5.89. The summed E-state index contributed by atoms with van der Waals surface area (Å²) in [6.45, 7) is 11.9. The molecule has 1 N–H and O–H groups in total. The van der Waals surface area contributed by atoms with Gasteiger partial charge in [-0.2, -0.15) is 4.98 Å². The van der Waals surface area contributed by atoms with E-state index >= 15 is 0 Å². The van der Waals surface area contributed by atoms with Gasteiger partial charge in [-0.15, -0.1) is 0 Å². The summed E-state index contributed by atoms with van der Waals surface area (Å²) < 4.78 is 10.7. The predicted molar refractivity (Wildman–Crippen MR) is 148 cm³/mol. The molecule has 1 aliphatic carbocycles. The quantitative estimate of drug-likeness (QED) is 0.505. The van der Waals surface area contributed by atoms with Gasteiger partial charge in [-0.25, -0.2) is 14.6 Å². The van der Waals surface area contributed by atoms with E-state index in [0.717, 1.165) is 36.6 Å². The minimum atomic E-state index is -0.477. The van der Waals surface area contributed by atoms with Crippen molar-refractivity contribution in [2.45, 2.75) is 71.8 Å². The molecule has 2 amide bonds. The molecule has 0 spiro atoms. The van der Waals surface area contributed by atoms with E-state index in [4.69, 9.17) is 9.47 Å². The molecular formula is C29H40N6O4. The summed E-state index contributed by atoms with van der Waals surface area (Å²) in [5.41, 5.74) is 2.78. The summed E-state index contributed by atoms with van der Waals surface area (Å²) >= 11 is 0. The number of aromatic nitrogens is 2. The van der Waals surface area contributed by atoms with E-state index in [1.165, 1.54) is 23.3 Å². The number of piperazine rings is 1. The second-order valence-corrected chi connectivity index (χ2v) is 11.6. The molecule has 3 heterocycles. The summed E-state index contributed by atoms with van der Waals surface area (Å²) in [6.07, 6.45) is 4.89. The van der Waals surface area contributed by atoms with Gasteiger partial charge in [0.2, 0.25) is 5.95 Å². The van der Waals surface area contributed by atoms with Crippen LogP contribution < -0.4 is 10.2 Å². The molecule has 1 aromatic heterocycles. The lowest BCUT2D eigenvalue weighted by atomic mass is 9.97. The standard InChI is InChI=1S/C29H40N6O4/c1-5-35-25-23(19-38-28(35)37)18-31-26(32-25)30-17-21-8-10-22(11-9-21)24(16-20-6-7-20)33-12-14-34(15-13-33)27(36)39-29(2,3)4/h8-11,18,20,24H,5-7,12-17,19H2,1-4H3,(H,30,31,32). The highest BCUT2D eigenvalue weighted by Gasteiger charge is 2.33. The Labute approximate surface area is 230 Å². The molecule has 3 aliphatic rings. The molecule has 1 saturated heterocycles. The second-order valence-electron chi connectivity index (χ2n) is 11.6. The smallest absolute Gasteiger partial charge is 0.415 e. The van der Waals surface area contributed by atoms with Gasteiger partial charge in [0.1, 0.15) is 18.0 Å². The minimum absolute atomic E-state index is 0.199. The number of anilines is 2. The lowest BCUT2D eigenvalue weighted by Gasteiger charge is -2.40. The van der Waals surface area contributed by atoms with Crippen molar-refractivity contribution in [3.8, 4) is 0 Å². The lowest BCUT2D eigenvalue weighted by molar-refractivity contribution is 0.00941. The highest BCUT2D eigenvalue weighted by Crippen LogP contribution is 2.40. The molecule has 39 heavy (non-hydrogen) atoms. The first-order valence-corrected chi connectivity index (χ1v) is 14.0. The van der Waals surface area contributed by atoms with E-state index in [1.54, 1.807) is 6.20 Å². The summed E-state index contributed by atoms with van der Waals surface area (Å²) in [5, 5.41) is 3.30. The van der Waals surface area contributed by atoms with E-state index in [1.807, 2.05) is 32.6 Å². The van der Waals surface area contributed by atoms with Crippen molar-refractivity contribution in [2.24, 2.45) is 5.92 Å². The number of carbonyl (C=O) groups is 2. The van der Waals surface area contributed by atoms with Crippen molar-refractivity contribution in [1.82, 2.24) is 19.8 Å². The number of hydrogen-bond acceptors (Lipinski definition) is 8. The second kappa shape index (κ2) is 11.4. The van der Waals surface area contributed by atoms with Crippen LogP contribution in [0.1, 0.15) is 69.7 Å². The Morgan fingerprint density at radius 2 is 1.87 bits per heavy atom. The van der Waals surface area contributed by atoms with E-state index < -0.39 is 5.60 Å². The first kappa shape index (κ1) is 27.2. The summed E-state index contributed by atoms with van der Waals surface area (Å²) in [6, 6.07) is 9.13. The molecule has 10 heteroatoms. The number of benzene rings is 1.